The predicted molar refractivity (Wildman–Crippen MR) is 83.0 cm³/mol. The summed E-state index contributed by atoms with van der Waals surface area (Å²) in [6, 6.07) is 1.27. The molecule has 0 bridgehead atoms. The maximum Gasteiger partial charge on any atom is 0.0789 e. The minimum absolute atomic E-state index is 0.0169. The van der Waals surface area contributed by atoms with Crippen LogP contribution in [0, 0.1) is 5.92 Å². The lowest BCUT2D eigenvalue weighted by atomic mass is 9.92. The van der Waals surface area contributed by atoms with Gasteiger partial charge in [0.2, 0.25) is 0 Å². The Labute approximate surface area is 124 Å². The molecule has 1 saturated carbocycles. The lowest BCUT2D eigenvalue weighted by Gasteiger charge is -2.38. The third-order valence-corrected chi connectivity index (χ3v) is 5.27. The van der Waals surface area contributed by atoms with Crippen LogP contribution in [0.4, 0.5) is 0 Å². The van der Waals surface area contributed by atoms with Gasteiger partial charge in [0.1, 0.15) is 0 Å². The first kappa shape index (κ1) is 14.8. The summed E-state index contributed by atoms with van der Waals surface area (Å²) in [5, 5.41) is 3.67. The number of nitrogens with zero attached hydrogens (tertiary/aromatic N) is 1. The van der Waals surface area contributed by atoms with E-state index >= 15 is 0 Å². The maximum atomic E-state index is 6.33. The van der Waals surface area contributed by atoms with Crippen molar-refractivity contribution in [3.8, 4) is 0 Å². The van der Waals surface area contributed by atoms with Gasteiger partial charge in [-0.1, -0.05) is 0 Å². The van der Waals surface area contributed by atoms with Crippen molar-refractivity contribution in [1.82, 2.24) is 10.2 Å². The zero-order chi connectivity index (χ0) is 14.4. The van der Waals surface area contributed by atoms with Crippen LogP contribution in [0.2, 0.25) is 0 Å². The fourth-order valence-corrected chi connectivity index (χ4v) is 4.26. The van der Waals surface area contributed by atoms with E-state index in [1.165, 1.54) is 51.7 Å². The van der Waals surface area contributed by atoms with Gasteiger partial charge in [-0.25, -0.2) is 0 Å². The summed E-state index contributed by atoms with van der Waals surface area (Å²) in [7, 11) is 0. The molecule has 0 spiro atoms. The fraction of sp³-hybridized carbons (Fsp3) is 1.00. The van der Waals surface area contributed by atoms with Gasteiger partial charge >= 0.3 is 0 Å². The van der Waals surface area contributed by atoms with Gasteiger partial charge in [-0.3, -0.25) is 4.90 Å². The van der Waals surface area contributed by atoms with Crippen LogP contribution in [-0.4, -0.2) is 47.8 Å². The molecule has 3 aliphatic rings. The van der Waals surface area contributed by atoms with E-state index in [1.54, 1.807) is 0 Å². The van der Waals surface area contributed by atoms with Gasteiger partial charge in [0, 0.05) is 25.2 Å². The summed E-state index contributed by atoms with van der Waals surface area (Å²) < 4.78 is 6.33. The van der Waals surface area contributed by atoms with E-state index in [-0.39, 0.29) is 11.2 Å². The average molecular weight is 280 g/mol. The van der Waals surface area contributed by atoms with Crippen molar-refractivity contribution in [3.05, 3.63) is 0 Å². The molecule has 3 rings (SSSR count). The Kier molecular flexibility index (Phi) is 3.89. The number of ether oxygens (including phenoxy) is 1. The van der Waals surface area contributed by atoms with Gasteiger partial charge in [0.25, 0.3) is 0 Å². The van der Waals surface area contributed by atoms with Crippen molar-refractivity contribution in [1.29, 1.82) is 0 Å². The van der Waals surface area contributed by atoms with Crippen LogP contribution in [-0.2, 0) is 4.74 Å². The lowest BCUT2D eigenvalue weighted by Crippen LogP contribution is -2.51. The average Bonchev–Trinajstić information content (AvgIpc) is 2.91. The second kappa shape index (κ2) is 5.26. The zero-order valence-electron chi connectivity index (χ0n) is 13.7. The molecule has 0 amide bonds. The molecule has 2 atom stereocenters. The molecule has 0 aromatic rings. The zero-order valence-corrected chi connectivity index (χ0v) is 13.7. The van der Waals surface area contributed by atoms with Gasteiger partial charge in [-0.05, 0) is 72.3 Å². The molecule has 116 valence electrons. The Morgan fingerprint density at radius 1 is 1.10 bits per heavy atom. The van der Waals surface area contributed by atoms with Gasteiger partial charge < -0.3 is 10.1 Å². The van der Waals surface area contributed by atoms with Crippen molar-refractivity contribution in [3.63, 3.8) is 0 Å². The van der Waals surface area contributed by atoms with E-state index in [2.05, 4.69) is 37.9 Å². The van der Waals surface area contributed by atoms with Crippen molar-refractivity contribution in [2.45, 2.75) is 83.1 Å². The van der Waals surface area contributed by atoms with Crippen LogP contribution in [0.25, 0.3) is 0 Å². The standard InChI is InChI=1S/C17H32N2O/c1-16(2)10-15(17(3,4)20-16)19(11-13-7-8-13)12-14-6-5-9-18-14/h13-15,18H,5-12H2,1-4H3. The summed E-state index contributed by atoms with van der Waals surface area (Å²) in [6.07, 6.45) is 6.73. The van der Waals surface area contributed by atoms with Crippen molar-refractivity contribution in [2.75, 3.05) is 19.6 Å². The highest BCUT2D eigenvalue weighted by Crippen LogP contribution is 2.42. The largest absolute Gasteiger partial charge is 0.368 e. The molecule has 0 aromatic heterocycles. The van der Waals surface area contributed by atoms with Crippen molar-refractivity contribution in [2.24, 2.45) is 5.92 Å². The van der Waals surface area contributed by atoms with Crippen LogP contribution in [0.1, 0.15) is 59.8 Å². The van der Waals surface area contributed by atoms with Crippen LogP contribution >= 0.6 is 0 Å². The Bertz CT molecular complexity index is 343. The third kappa shape index (κ3) is 3.37. The van der Waals surface area contributed by atoms with Gasteiger partial charge in [-0.15, -0.1) is 0 Å². The van der Waals surface area contributed by atoms with E-state index in [0.29, 0.717) is 12.1 Å². The lowest BCUT2D eigenvalue weighted by molar-refractivity contribution is -0.0813. The second-order valence-corrected chi connectivity index (χ2v) is 8.38. The molecule has 2 aliphatic heterocycles. The first-order chi connectivity index (χ1) is 9.36. The molecule has 3 heteroatoms. The Hall–Kier alpha value is -0.120. The number of rotatable bonds is 5. The highest BCUT2D eigenvalue weighted by Gasteiger charge is 2.49. The molecule has 0 radical (unpaired) electrons. The summed E-state index contributed by atoms with van der Waals surface area (Å²) in [5.41, 5.74) is 0.00999. The van der Waals surface area contributed by atoms with Gasteiger partial charge in [0.05, 0.1) is 11.2 Å². The summed E-state index contributed by atoms with van der Waals surface area (Å²) in [5.74, 6) is 0.955. The van der Waals surface area contributed by atoms with Crippen LogP contribution < -0.4 is 5.32 Å². The van der Waals surface area contributed by atoms with Gasteiger partial charge in [-0.2, -0.15) is 0 Å². The minimum Gasteiger partial charge on any atom is -0.368 e. The van der Waals surface area contributed by atoms with Crippen molar-refractivity contribution < 1.29 is 4.74 Å². The summed E-state index contributed by atoms with van der Waals surface area (Å²) in [6.45, 7) is 12.8. The SMILES string of the molecule is CC1(C)CC(N(CC2CC2)CC2CCCN2)C(C)(C)O1. The fourth-order valence-electron chi connectivity index (χ4n) is 4.26. The highest BCUT2D eigenvalue weighted by molar-refractivity contribution is 5.01. The predicted octanol–water partition coefficient (Wildman–Crippen LogP) is 2.80. The number of hydrogen-bond acceptors (Lipinski definition) is 3. The molecule has 3 fully saturated rings. The molecule has 2 saturated heterocycles. The van der Waals surface area contributed by atoms with E-state index in [0.717, 1.165) is 5.92 Å². The Morgan fingerprint density at radius 3 is 2.35 bits per heavy atom. The quantitative estimate of drug-likeness (QED) is 0.838. The molecule has 2 unspecified atom stereocenters. The van der Waals surface area contributed by atoms with Crippen LogP contribution in [0.15, 0.2) is 0 Å². The van der Waals surface area contributed by atoms with Crippen LogP contribution in [0.5, 0.6) is 0 Å². The number of nitrogens with one attached hydrogen (secondary N) is 1. The molecule has 2 heterocycles. The molecule has 0 aromatic carbocycles. The molecular weight excluding hydrogens is 248 g/mol. The number of hydrogen-bond donors (Lipinski definition) is 1. The molecule has 20 heavy (non-hydrogen) atoms. The smallest absolute Gasteiger partial charge is 0.0789 e. The third-order valence-electron chi connectivity index (χ3n) is 5.27. The Balaban J connectivity index is 1.70. The highest BCUT2D eigenvalue weighted by atomic mass is 16.5. The van der Waals surface area contributed by atoms with E-state index in [1.807, 2.05) is 0 Å². The maximum absolute atomic E-state index is 6.33. The van der Waals surface area contributed by atoms with E-state index < -0.39 is 0 Å². The molecular formula is C17H32N2O. The van der Waals surface area contributed by atoms with E-state index in [4.69, 9.17) is 4.74 Å². The normalized spacial score (nSPS) is 35.9. The second-order valence-electron chi connectivity index (χ2n) is 8.38. The monoisotopic (exact) mass is 280 g/mol. The van der Waals surface area contributed by atoms with Crippen molar-refractivity contribution >= 4 is 0 Å². The summed E-state index contributed by atoms with van der Waals surface area (Å²) in [4.78, 5) is 2.76. The topological polar surface area (TPSA) is 24.5 Å². The first-order valence-corrected chi connectivity index (χ1v) is 8.53. The summed E-state index contributed by atoms with van der Waals surface area (Å²) >= 11 is 0. The van der Waals surface area contributed by atoms with E-state index in [9.17, 15) is 0 Å². The molecule has 1 N–H and O–H groups in total. The van der Waals surface area contributed by atoms with Crippen LogP contribution in [0.3, 0.4) is 0 Å². The Morgan fingerprint density at radius 2 is 1.85 bits per heavy atom. The molecule has 3 nitrogen and oxygen atoms in total. The first-order valence-electron chi connectivity index (χ1n) is 8.53. The molecule has 1 aliphatic carbocycles. The van der Waals surface area contributed by atoms with Gasteiger partial charge in [0.15, 0.2) is 0 Å². The minimum atomic E-state index is -0.0169.